The Morgan fingerprint density at radius 2 is 2.37 bits per heavy atom. The van der Waals surface area contributed by atoms with Crippen molar-refractivity contribution in [1.82, 2.24) is 15.2 Å². The van der Waals surface area contributed by atoms with E-state index in [1.165, 1.54) is 6.42 Å². The molecule has 19 heavy (non-hydrogen) atoms. The van der Waals surface area contributed by atoms with Crippen molar-refractivity contribution in [2.24, 2.45) is 0 Å². The molecule has 4 heteroatoms. The summed E-state index contributed by atoms with van der Waals surface area (Å²) in [7, 11) is 0. The van der Waals surface area contributed by atoms with Gasteiger partial charge in [-0.2, -0.15) is 0 Å². The van der Waals surface area contributed by atoms with Crippen molar-refractivity contribution in [3.8, 4) is 0 Å². The molecule has 1 N–H and O–H groups in total. The Morgan fingerprint density at radius 1 is 1.53 bits per heavy atom. The average molecular weight is 261 g/mol. The second kappa shape index (κ2) is 6.66. The second-order valence-corrected chi connectivity index (χ2v) is 5.18. The van der Waals surface area contributed by atoms with Gasteiger partial charge < -0.3 is 10.2 Å². The zero-order chi connectivity index (χ0) is 13.7. The SMILES string of the molecule is CCN(Cc1cccc(C)n1)C(=O)CC1CCCN1. The summed E-state index contributed by atoms with van der Waals surface area (Å²) in [5.74, 6) is 0.227. The first-order valence-electron chi connectivity index (χ1n) is 7.12. The van der Waals surface area contributed by atoms with Gasteiger partial charge in [-0.25, -0.2) is 0 Å². The first-order chi connectivity index (χ1) is 9.19. The van der Waals surface area contributed by atoms with Gasteiger partial charge in [-0.15, -0.1) is 0 Å². The lowest BCUT2D eigenvalue weighted by Crippen LogP contribution is -2.35. The van der Waals surface area contributed by atoms with E-state index in [2.05, 4.69) is 10.3 Å². The van der Waals surface area contributed by atoms with Gasteiger partial charge in [0, 0.05) is 24.7 Å². The molecule has 1 amide bonds. The van der Waals surface area contributed by atoms with Gasteiger partial charge in [0.25, 0.3) is 0 Å². The zero-order valence-corrected chi connectivity index (χ0v) is 11.9. The number of carbonyl (C=O) groups excluding carboxylic acids is 1. The molecule has 2 rings (SSSR count). The fraction of sp³-hybridized carbons (Fsp3) is 0.600. The number of pyridine rings is 1. The number of aryl methyl sites for hydroxylation is 1. The van der Waals surface area contributed by atoms with E-state index >= 15 is 0 Å². The molecule has 0 bridgehead atoms. The predicted molar refractivity (Wildman–Crippen MR) is 75.7 cm³/mol. The largest absolute Gasteiger partial charge is 0.337 e. The Hall–Kier alpha value is -1.42. The summed E-state index contributed by atoms with van der Waals surface area (Å²) in [4.78, 5) is 18.6. The molecule has 0 spiro atoms. The summed E-state index contributed by atoms with van der Waals surface area (Å²) in [6.07, 6.45) is 2.91. The van der Waals surface area contributed by atoms with Gasteiger partial charge in [0.1, 0.15) is 0 Å². The van der Waals surface area contributed by atoms with E-state index < -0.39 is 0 Å². The lowest BCUT2D eigenvalue weighted by Gasteiger charge is -2.22. The Balaban J connectivity index is 1.93. The van der Waals surface area contributed by atoms with E-state index in [0.29, 0.717) is 19.0 Å². The normalized spacial score (nSPS) is 18.5. The van der Waals surface area contributed by atoms with E-state index in [0.717, 1.165) is 30.9 Å². The number of rotatable bonds is 5. The molecule has 1 unspecified atom stereocenters. The molecule has 1 fully saturated rings. The number of nitrogens with zero attached hydrogens (tertiary/aromatic N) is 2. The monoisotopic (exact) mass is 261 g/mol. The highest BCUT2D eigenvalue weighted by Crippen LogP contribution is 2.12. The number of amides is 1. The smallest absolute Gasteiger partial charge is 0.224 e. The van der Waals surface area contributed by atoms with Crippen LogP contribution in [-0.2, 0) is 11.3 Å². The van der Waals surface area contributed by atoms with Crippen LogP contribution >= 0.6 is 0 Å². The van der Waals surface area contributed by atoms with Crippen molar-refractivity contribution in [3.63, 3.8) is 0 Å². The Bertz CT molecular complexity index is 427. The quantitative estimate of drug-likeness (QED) is 0.880. The maximum Gasteiger partial charge on any atom is 0.224 e. The highest BCUT2D eigenvalue weighted by atomic mass is 16.2. The van der Waals surface area contributed by atoms with Crippen LogP contribution in [0, 0.1) is 6.92 Å². The molecule has 0 aliphatic carbocycles. The van der Waals surface area contributed by atoms with Gasteiger partial charge in [0.15, 0.2) is 0 Å². The van der Waals surface area contributed by atoms with Gasteiger partial charge in [-0.05, 0) is 45.4 Å². The van der Waals surface area contributed by atoms with Gasteiger partial charge in [-0.1, -0.05) is 6.07 Å². The Morgan fingerprint density at radius 3 is 3.00 bits per heavy atom. The van der Waals surface area contributed by atoms with Crippen LogP contribution in [0.2, 0.25) is 0 Å². The fourth-order valence-corrected chi connectivity index (χ4v) is 2.53. The molecule has 0 radical (unpaired) electrons. The van der Waals surface area contributed by atoms with Crippen molar-refractivity contribution < 1.29 is 4.79 Å². The average Bonchev–Trinajstić information content (AvgIpc) is 2.88. The molecule has 0 saturated carbocycles. The molecule has 1 aromatic heterocycles. The molecular formula is C15H23N3O. The minimum Gasteiger partial charge on any atom is -0.337 e. The van der Waals surface area contributed by atoms with E-state index in [9.17, 15) is 4.79 Å². The maximum absolute atomic E-state index is 12.3. The third kappa shape index (κ3) is 4.03. The summed E-state index contributed by atoms with van der Waals surface area (Å²) in [6, 6.07) is 6.32. The van der Waals surface area contributed by atoms with Crippen LogP contribution in [-0.4, -0.2) is 34.9 Å². The van der Waals surface area contributed by atoms with Crippen molar-refractivity contribution in [1.29, 1.82) is 0 Å². The third-order valence-electron chi connectivity index (χ3n) is 3.62. The van der Waals surface area contributed by atoms with Crippen LogP contribution in [0.25, 0.3) is 0 Å². The van der Waals surface area contributed by atoms with Crippen molar-refractivity contribution in [2.75, 3.05) is 13.1 Å². The van der Waals surface area contributed by atoms with Gasteiger partial charge in [0.2, 0.25) is 5.91 Å². The molecule has 2 heterocycles. The molecule has 4 nitrogen and oxygen atoms in total. The fourth-order valence-electron chi connectivity index (χ4n) is 2.53. The second-order valence-electron chi connectivity index (χ2n) is 5.18. The molecule has 1 aromatic rings. The van der Waals surface area contributed by atoms with Crippen molar-refractivity contribution in [2.45, 2.75) is 45.7 Å². The van der Waals surface area contributed by atoms with Crippen LogP contribution < -0.4 is 5.32 Å². The maximum atomic E-state index is 12.3. The topological polar surface area (TPSA) is 45.2 Å². The summed E-state index contributed by atoms with van der Waals surface area (Å²) in [6.45, 7) is 6.40. The summed E-state index contributed by atoms with van der Waals surface area (Å²) >= 11 is 0. The minimum absolute atomic E-state index is 0.227. The Labute approximate surface area is 115 Å². The molecule has 1 atom stereocenters. The first-order valence-corrected chi connectivity index (χ1v) is 7.12. The number of aromatic nitrogens is 1. The molecule has 104 valence electrons. The van der Waals surface area contributed by atoms with Crippen LogP contribution in [0.15, 0.2) is 18.2 Å². The van der Waals surface area contributed by atoms with Gasteiger partial charge in [0.05, 0.1) is 12.2 Å². The number of nitrogens with one attached hydrogen (secondary N) is 1. The summed E-state index contributed by atoms with van der Waals surface area (Å²) < 4.78 is 0. The van der Waals surface area contributed by atoms with E-state index in [1.807, 2.05) is 36.9 Å². The zero-order valence-electron chi connectivity index (χ0n) is 11.9. The van der Waals surface area contributed by atoms with Gasteiger partial charge in [-0.3, -0.25) is 9.78 Å². The van der Waals surface area contributed by atoms with Crippen LogP contribution in [0.3, 0.4) is 0 Å². The minimum atomic E-state index is 0.227. The number of hydrogen-bond donors (Lipinski definition) is 1. The Kier molecular flexibility index (Phi) is 4.91. The molecule has 0 aromatic carbocycles. The van der Waals surface area contributed by atoms with Crippen molar-refractivity contribution >= 4 is 5.91 Å². The van der Waals surface area contributed by atoms with Crippen LogP contribution in [0.5, 0.6) is 0 Å². The highest BCUT2D eigenvalue weighted by molar-refractivity contribution is 5.76. The standard InChI is InChI=1S/C15H23N3O/c1-3-18(11-14-7-4-6-12(2)17-14)15(19)10-13-8-5-9-16-13/h4,6-7,13,16H,3,5,8-11H2,1-2H3. The molecular weight excluding hydrogens is 238 g/mol. The molecule has 1 aliphatic heterocycles. The lowest BCUT2D eigenvalue weighted by molar-refractivity contribution is -0.132. The summed E-state index contributed by atoms with van der Waals surface area (Å²) in [5, 5.41) is 3.38. The molecule has 1 aliphatic rings. The predicted octanol–water partition coefficient (Wildman–Crippen LogP) is 1.88. The third-order valence-corrected chi connectivity index (χ3v) is 3.62. The van der Waals surface area contributed by atoms with Crippen LogP contribution in [0.1, 0.15) is 37.6 Å². The number of hydrogen-bond acceptors (Lipinski definition) is 3. The van der Waals surface area contributed by atoms with Crippen LogP contribution in [0.4, 0.5) is 0 Å². The lowest BCUT2D eigenvalue weighted by atomic mass is 10.1. The van der Waals surface area contributed by atoms with E-state index in [1.54, 1.807) is 0 Å². The highest BCUT2D eigenvalue weighted by Gasteiger charge is 2.21. The first kappa shape index (κ1) is 14.0. The van der Waals surface area contributed by atoms with Gasteiger partial charge >= 0.3 is 0 Å². The number of carbonyl (C=O) groups is 1. The van der Waals surface area contributed by atoms with Crippen molar-refractivity contribution in [3.05, 3.63) is 29.6 Å². The molecule has 1 saturated heterocycles. The van der Waals surface area contributed by atoms with E-state index in [4.69, 9.17) is 0 Å². The summed E-state index contributed by atoms with van der Waals surface area (Å²) in [5.41, 5.74) is 1.97. The van der Waals surface area contributed by atoms with E-state index in [-0.39, 0.29) is 5.91 Å².